The molecule has 0 aliphatic carbocycles. The summed E-state index contributed by atoms with van der Waals surface area (Å²) in [6.07, 6.45) is 1.30. The second-order valence-electron chi connectivity index (χ2n) is 6.20. The Morgan fingerprint density at radius 1 is 1.33 bits per heavy atom. The lowest BCUT2D eigenvalue weighted by molar-refractivity contribution is 0.179. The molecule has 0 saturated carbocycles. The smallest absolute Gasteiger partial charge is 0.191 e. The van der Waals surface area contributed by atoms with Gasteiger partial charge in [0.15, 0.2) is 5.96 Å². The van der Waals surface area contributed by atoms with E-state index in [4.69, 9.17) is 4.74 Å². The normalized spacial score (nSPS) is 12.4. The number of thiazole rings is 1. The average molecular weight is 504 g/mol. The minimum absolute atomic E-state index is 0. The number of rotatable bonds is 8. The molecule has 1 heterocycles. The van der Waals surface area contributed by atoms with Crippen LogP contribution in [0.3, 0.4) is 0 Å². The fourth-order valence-electron chi connectivity index (χ4n) is 2.34. The molecule has 6 nitrogen and oxygen atoms in total. The van der Waals surface area contributed by atoms with E-state index >= 15 is 0 Å². The number of aromatic nitrogens is 1. The van der Waals surface area contributed by atoms with Gasteiger partial charge in [-0.15, -0.1) is 35.3 Å². The topological polar surface area (TPSA) is 78.8 Å². The predicted octanol–water partition coefficient (Wildman–Crippen LogP) is 3.65. The van der Waals surface area contributed by atoms with Crippen molar-refractivity contribution in [1.29, 1.82) is 0 Å². The monoisotopic (exact) mass is 504 g/mol. The first kappa shape index (κ1) is 23.6. The quantitative estimate of drug-likeness (QED) is 0.291. The van der Waals surface area contributed by atoms with Gasteiger partial charge >= 0.3 is 0 Å². The van der Waals surface area contributed by atoms with Gasteiger partial charge in [-0.1, -0.05) is 12.1 Å². The number of aliphatic imine (C=N–C) groups is 1. The van der Waals surface area contributed by atoms with Crippen LogP contribution in [0.25, 0.3) is 0 Å². The van der Waals surface area contributed by atoms with E-state index in [2.05, 4.69) is 20.6 Å². The van der Waals surface area contributed by atoms with Crippen LogP contribution in [0.4, 0.5) is 0 Å². The van der Waals surface area contributed by atoms with Crippen molar-refractivity contribution in [3.05, 3.63) is 45.9 Å². The SMILES string of the molecule is CCNC(=NCc1ncc(C)s1)NCC(O)c1cccc(OC(C)C)c1.I. The molecule has 0 spiro atoms. The zero-order valence-corrected chi connectivity index (χ0v) is 19.4. The molecular weight excluding hydrogens is 475 g/mol. The summed E-state index contributed by atoms with van der Waals surface area (Å²) in [4.78, 5) is 10.0. The molecule has 0 radical (unpaired) electrons. The highest BCUT2D eigenvalue weighted by Gasteiger charge is 2.10. The van der Waals surface area contributed by atoms with E-state index in [0.29, 0.717) is 19.0 Å². The summed E-state index contributed by atoms with van der Waals surface area (Å²) in [5.41, 5.74) is 0.807. The minimum Gasteiger partial charge on any atom is -0.491 e. The molecule has 1 atom stereocenters. The van der Waals surface area contributed by atoms with Crippen molar-refractivity contribution in [3.63, 3.8) is 0 Å². The molecule has 0 aliphatic rings. The molecule has 27 heavy (non-hydrogen) atoms. The molecule has 1 unspecified atom stereocenters. The number of hydrogen-bond donors (Lipinski definition) is 3. The number of benzene rings is 1. The maximum absolute atomic E-state index is 10.5. The average Bonchev–Trinajstić information content (AvgIpc) is 3.02. The van der Waals surface area contributed by atoms with Crippen molar-refractivity contribution in [2.45, 2.75) is 46.4 Å². The van der Waals surface area contributed by atoms with E-state index < -0.39 is 6.10 Å². The third-order valence-electron chi connectivity index (χ3n) is 3.46. The lowest BCUT2D eigenvalue weighted by atomic mass is 10.1. The van der Waals surface area contributed by atoms with Crippen LogP contribution in [0.1, 0.15) is 42.3 Å². The molecule has 3 N–H and O–H groups in total. The lowest BCUT2D eigenvalue weighted by Crippen LogP contribution is -2.39. The molecule has 0 amide bonds. The lowest BCUT2D eigenvalue weighted by Gasteiger charge is -2.17. The summed E-state index contributed by atoms with van der Waals surface area (Å²) in [5.74, 6) is 1.42. The summed E-state index contributed by atoms with van der Waals surface area (Å²) in [7, 11) is 0. The summed E-state index contributed by atoms with van der Waals surface area (Å²) in [5, 5.41) is 17.8. The number of ether oxygens (including phenoxy) is 1. The highest BCUT2D eigenvalue weighted by atomic mass is 127. The third-order valence-corrected chi connectivity index (χ3v) is 4.36. The van der Waals surface area contributed by atoms with Crippen LogP contribution < -0.4 is 15.4 Å². The maximum atomic E-state index is 10.5. The summed E-state index contributed by atoms with van der Waals surface area (Å²) < 4.78 is 5.69. The summed E-state index contributed by atoms with van der Waals surface area (Å²) in [6, 6.07) is 7.54. The highest BCUT2D eigenvalue weighted by Crippen LogP contribution is 2.20. The van der Waals surface area contributed by atoms with Gasteiger partial charge in [0.25, 0.3) is 0 Å². The van der Waals surface area contributed by atoms with Crippen molar-refractivity contribution in [1.82, 2.24) is 15.6 Å². The van der Waals surface area contributed by atoms with Crippen molar-refractivity contribution >= 4 is 41.3 Å². The Hall–Kier alpha value is -1.39. The molecule has 0 aliphatic heterocycles. The number of nitrogens with zero attached hydrogens (tertiary/aromatic N) is 2. The number of aryl methyl sites for hydroxylation is 1. The fourth-order valence-corrected chi connectivity index (χ4v) is 3.05. The van der Waals surface area contributed by atoms with Gasteiger partial charge in [-0.05, 0) is 45.4 Å². The van der Waals surface area contributed by atoms with Crippen LogP contribution in [-0.2, 0) is 6.54 Å². The predicted molar refractivity (Wildman–Crippen MR) is 122 cm³/mol. The molecule has 150 valence electrons. The van der Waals surface area contributed by atoms with Crippen LogP contribution in [0.2, 0.25) is 0 Å². The van der Waals surface area contributed by atoms with Crippen LogP contribution in [0.15, 0.2) is 35.5 Å². The number of aliphatic hydroxyl groups excluding tert-OH is 1. The molecule has 1 aromatic carbocycles. The molecule has 2 rings (SSSR count). The largest absolute Gasteiger partial charge is 0.491 e. The molecule has 0 saturated heterocycles. The number of aliphatic hydroxyl groups is 1. The van der Waals surface area contributed by atoms with Gasteiger partial charge < -0.3 is 20.5 Å². The molecule has 2 aromatic rings. The van der Waals surface area contributed by atoms with Gasteiger partial charge in [-0.3, -0.25) is 0 Å². The van der Waals surface area contributed by atoms with Crippen LogP contribution in [0.5, 0.6) is 5.75 Å². The van der Waals surface area contributed by atoms with E-state index in [1.807, 2.05) is 58.2 Å². The van der Waals surface area contributed by atoms with Crippen LogP contribution in [-0.4, -0.2) is 35.2 Å². The Morgan fingerprint density at radius 3 is 2.74 bits per heavy atom. The second kappa shape index (κ2) is 12.1. The fraction of sp³-hybridized carbons (Fsp3) is 0.474. The van der Waals surface area contributed by atoms with Gasteiger partial charge in [-0.2, -0.15) is 0 Å². The number of guanidine groups is 1. The van der Waals surface area contributed by atoms with E-state index in [1.54, 1.807) is 11.3 Å². The van der Waals surface area contributed by atoms with Crippen LogP contribution in [0, 0.1) is 6.92 Å². The Kier molecular flexibility index (Phi) is 10.6. The molecule has 0 bridgehead atoms. The van der Waals surface area contributed by atoms with Crippen molar-refractivity contribution in [3.8, 4) is 5.75 Å². The highest BCUT2D eigenvalue weighted by molar-refractivity contribution is 14.0. The van der Waals surface area contributed by atoms with Crippen molar-refractivity contribution in [2.24, 2.45) is 4.99 Å². The van der Waals surface area contributed by atoms with E-state index in [9.17, 15) is 5.11 Å². The zero-order chi connectivity index (χ0) is 18.9. The second-order valence-corrected chi connectivity index (χ2v) is 7.51. The van der Waals surface area contributed by atoms with Crippen molar-refractivity contribution < 1.29 is 9.84 Å². The first-order chi connectivity index (χ1) is 12.5. The maximum Gasteiger partial charge on any atom is 0.191 e. The minimum atomic E-state index is -0.656. The first-order valence-corrected chi connectivity index (χ1v) is 9.67. The van der Waals surface area contributed by atoms with E-state index in [-0.39, 0.29) is 30.1 Å². The first-order valence-electron chi connectivity index (χ1n) is 8.86. The van der Waals surface area contributed by atoms with E-state index in [1.165, 1.54) is 4.88 Å². The summed E-state index contributed by atoms with van der Waals surface area (Å²) in [6.45, 7) is 9.61. The van der Waals surface area contributed by atoms with Crippen molar-refractivity contribution in [2.75, 3.05) is 13.1 Å². The van der Waals surface area contributed by atoms with Gasteiger partial charge in [-0.25, -0.2) is 9.98 Å². The van der Waals surface area contributed by atoms with Gasteiger partial charge in [0.1, 0.15) is 10.8 Å². The molecular formula is C19H29IN4O2S. The Balaban J connectivity index is 0.00000364. The summed E-state index contributed by atoms with van der Waals surface area (Å²) >= 11 is 1.64. The molecule has 1 aromatic heterocycles. The number of nitrogens with one attached hydrogen (secondary N) is 2. The van der Waals surface area contributed by atoms with Gasteiger partial charge in [0.2, 0.25) is 0 Å². The van der Waals surface area contributed by atoms with Gasteiger partial charge in [0, 0.05) is 24.2 Å². The third kappa shape index (κ3) is 8.44. The van der Waals surface area contributed by atoms with Gasteiger partial charge in [0.05, 0.1) is 18.8 Å². The standard InChI is InChI=1S/C19H28N4O2S.HI/c1-5-20-19(23-12-18-21-10-14(4)26-18)22-11-17(24)15-7-6-8-16(9-15)25-13(2)3;/h6-10,13,17,24H,5,11-12H2,1-4H3,(H2,20,22,23);1H. The molecule has 8 heteroatoms. The molecule has 0 fully saturated rings. The Labute approximate surface area is 182 Å². The van der Waals surface area contributed by atoms with Crippen LogP contribution >= 0.6 is 35.3 Å². The number of hydrogen-bond acceptors (Lipinski definition) is 5. The Bertz CT molecular complexity index is 721. The Morgan fingerprint density at radius 2 is 2.11 bits per heavy atom. The number of halogens is 1. The van der Waals surface area contributed by atoms with E-state index in [0.717, 1.165) is 22.9 Å². The zero-order valence-electron chi connectivity index (χ0n) is 16.2.